The number of likely N-dealkylation sites (tertiary alicyclic amines) is 1. The topological polar surface area (TPSA) is 75.2 Å². The summed E-state index contributed by atoms with van der Waals surface area (Å²) in [6.07, 6.45) is 3.31. The monoisotopic (exact) mass is 380 g/mol. The van der Waals surface area contributed by atoms with Gasteiger partial charge >= 0.3 is 0 Å². The van der Waals surface area contributed by atoms with Gasteiger partial charge in [0.25, 0.3) is 5.91 Å². The number of benzene rings is 1. The maximum absolute atomic E-state index is 12.9. The Morgan fingerprint density at radius 3 is 2.60 bits per heavy atom. The summed E-state index contributed by atoms with van der Waals surface area (Å²) >= 11 is 2.53. The van der Waals surface area contributed by atoms with Crippen LogP contribution in [-0.2, 0) is 4.79 Å². The van der Waals surface area contributed by atoms with E-state index in [1.807, 2.05) is 4.90 Å². The van der Waals surface area contributed by atoms with Crippen molar-refractivity contribution in [2.75, 3.05) is 24.2 Å². The molecule has 1 aliphatic heterocycles. The van der Waals surface area contributed by atoms with E-state index in [1.165, 1.54) is 53.8 Å². The van der Waals surface area contributed by atoms with Crippen LogP contribution >= 0.6 is 23.1 Å². The van der Waals surface area contributed by atoms with E-state index in [2.05, 4.69) is 15.5 Å². The van der Waals surface area contributed by atoms with Gasteiger partial charge in [0.05, 0.1) is 5.75 Å². The molecule has 0 aliphatic carbocycles. The van der Waals surface area contributed by atoms with Crippen molar-refractivity contribution in [2.24, 2.45) is 0 Å². The number of carbonyl (C=O) groups excluding carboxylic acids is 2. The van der Waals surface area contributed by atoms with Gasteiger partial charge < -0.3 is 4.90 Å². The molecule has 1 aliphatic rings. The molecule has 0 unspecified atom stereocenters. The Labute approximate surface area is 152 Å². The van der Waals surface area contributed by atoms with E-state index >= 15 is 0 Å². The second-order valence-electron chi connectivity index (χ2n) is 5.56. The van der Waals surface area contributed by atoms with E-state index in [4.69, 9.17) is 0 Å². The number of hydrogen-bond acceptors (Lipinski definition) is 6. The minimum absolute atomic E-state index is 0.108. The molecule has 1 fully saturated rings. The molecule has 1 aromatic carbocycles. The Bertz CT molecular complexity index is 745. The summed E-state index contributed by atoms with van der Waals surface area (Å²) in [6, 6.07) is 5.25. The summed E-state index contributed by atoms with van der Waals surface area (Å²) in [5.41, 5.74) is 0.339. The molecule has 132 valence electrons. The number of hydrogen-bond donors (Lipinski definition) is 1. The molecule has 2 aromatic rings. The summed E-state index contributed by atoms with van der Waals surface area (Å²) in [5.74, 6) is -0.348. The number of amides is 2. The van der Waals surface area contributed by atoms with Gasteiger partial charge in [0.1, 0.15) is 5.82 Å². The highest BCUT2D eigenvalue weighted by Gasteiger charge is 2.17. The second-order valence-corrected chi connectivity index (χ2v) is 7.76. The molecule has 3 rings (SSSR count). The molecule has 0 bridgehead atoms. The standard InChI is InChI=1S/C16H17FN4O2S2/c17-12-6-4-11(5-7-12)14(23)18-15-19-20-16(25-15)24-10-13(22)21-8-2-1-3-9-21/h4-7H,1-3,8-10H2,(H,18,19,23). The van der Waals surface area contributed by atoms with Crippen LogP contribution in [0.4, 0.5) is 9.52 Å². The first-order valence-corrected chi connectivity index (χ1v) is 9.73. The highest BCUT2D eigenvalue weighted by molar-refractivity contribution is 8.01. The fraction of sp³-hybridized carbons (Fsp3) is 0.375. The Morgan fingerprint density at radius 2 is 1.88 bits per heavy atom. The van der Waals surface area contributed by atoms with Gasteiger partial charge in [0, 0.05) is 18.7 Å². The number of carbonyl (C=O) groups is 2. The number of aromatic nitrogens is 2. The summed E-state index contributed by atoms with van der Waals surface area (Å²) in [6.45, 7) is 1.66. The van der Waals surface area contributed by atoms with Gasteiger partial charge in [-0.1, -0.05) is 23.1 Å². The molecule has 1 saturated heterocycles. The largest absolute Gasteiger partial charge is 0.342 e. The molecular formula is C16H17FN4O2S2. The predicted molar refractivity (Wildman–Crippen MR) is 95.4 cm³/mol. The number of piperidine rings is 1. The van der Waals surface area contributed by atoms with Crippen molar-refractivity contribution >= 4 is 40.0 Å². The predicted octanol–water partition coefficient (Wildman–Crippen LogP) is 3.03. The fourth-order valence-corrected chi connectivity index (χ4v) is 4.10. The van der Waals surface area contributed by atoms with Gasteiger partial charge in [-0.05, 0) is 43.5 Å². The number of thioether (sulfide) groups is 1. The lowest BCUT2D eigenvalue weighted by Gasteiger charge is -2.26. The number of nitrogens with zero attached hydrogens (tertiary/aromatic N) is 3. The first-order chi connectivity index (χ1) is 12.1. The van der Waals surface area contributed by atoms with Crippen LogP contribution in [-0.4, -0.2) is 45.8 Å². The van der Waals surface area contributed by atoms with E-state index in [0.29, 0.717) is 20.8 Å². The third-order valence-corrected chi connectivity index (χ3v) is 5.72. The first kappa shape index (κ1) is 17.8. The molecule has 6 nitrogen and oxygen atoms in total. The molecule has 0 saturated carbocycles. The summed E-state index contributed by atoms with van der Waals surface area (Å²) in [7, 11) is 0. The molecule has 1 aromatic heterocycles. The maximum atomic E-state index is 12.9. The lowest BCUT2D eigenvalue weighted by Crippen LogP contribution is -2.36. The van der Waals surface area contributed by atoms with Crippen LogP contribution in [0.25, 0.3) is 0 Å². The number of anilines is 1. The molecule has 2 heterocycles. The number of halogens is 1. The quantitative estimate of drug-likeness (QED) is 0.637. The van der Waals surface area contributed by atoms with Gasteiger partial charge in [-0.15, -0.1) is 10.2 Å². The molecule has 9 heteroatoms. The van der Waals surface area contributed by atoms with Gasteiger partial charge in [0.15, 0.2) is 4.34 Å². The van der Waals surface area contributed by atoms with Gasteiger partial charge in [0.2, 0.25) is 11.0 Å². The van der Waals surface area contributed by atoms with Crippen LogP contribution in [0.3, 0.4) is 0 Å². The van der Waals surface area contributed by atoms with E-state index < -0.39 is 5.82 Å². The minimum atomic E-state index is -0.399. The van der Waals surface area contributed by atoms with Crippen LogP contribution in [0, 0.1) is 5.82 Å². The summed E-state index contributed by atoms with van der Waals surface area (Å²) in [4.78, 5) is 26.1. The average molecular weight is 380 g/mol. The Hall–Kier alpha value is -2.00. The second kappa shape index (κ2) is 8.39. The van der Waals surface area contributed by atoms with Crippen molar-refractivity contribution in [1.82, 2.24) is 15.1 Å². The summed E-state index contributed by atoms with van der Waals surface area (Å²) < 4.78 is 13.5. The van der Waals surface area contributed by atoms with Crippen LogP contribution < -0.4 is 5.32 Å². The molecule has 0 radical (unpaired) electrons. The first-order valence-electron chi connectivity index (χ1n) is 7.93. The maximum Gasteiger partial charge on any atom is 0.257 e. The molecule has 2 amide bonds. The fourth-order valence-electron chi connectivity index (χ4n) is 2.45. The zero-order valence-corrected chi connectivity index (χ0v) is 15.0. The van der Waals surface area contributed by atoms with E-state index in [1.54, 1.807) is 0 Å². The smallest absolute Gasteiger partial charge is 0.257 e. The van der Waals surface area contributed by atoms with Crippen LogP contribution in [0.5, 0.6) is 0 Å². The lowest BCUT2D eigenvalue weighted by molar-refractivity contribution is -0.129. The highest BCUT2D eigenvalue weighted by atomic mass is 32.2. The Kier molecular flexibility index (Phi) is 5.98. The van der Waals surface area contributed by atoms with Crippen LogP contribution in [0.1, 0.15) is 29.6 Å². The van der Waals surface area contributed by atoms with Crippen molar-refractivity contribution in [3.8, 4) is 0 Å². The van der Waals surface area contributed by atoms with Gasteiger partial charge in [-0.25, -0.2) is 4.39 Å². The number of nitrogens with one attached hydrogen (secondary N) is 1. The average Bonchev–Trinajstić information content (AvgIpc) is 3.08. The van der Waals surface area contributed by atoms with E-state index in [-0.39, 0.29) is 11.8 Å². The third-order valence-electron chi connectivity index (χ3n) is 3.76. The SMILES string of the molecule is O=C(Nc1nnc(SCC(=O)N2CCCCC2)s1)c1ccc(F)cc1. The van der Waals surface area contributed by atoms with Gasteiger partial charge in [-0.2, -0.15) is 0 Å². The van der Waals surface area contributed by atoms with Crippen LogP contribution in [0.15, 0.2) is 28.6 Å². The summed E-state index contributed by atoms with van der Waals surface area (Å²) in [5, 5.41) is 10.9. The third kappa shape index (κ3) is 4.99. The van der Waals surface area contributed by atoms with Crippen molar-refractivity contribution in [3.63, 3.8) is 0 Å². The lowest BCUT2D eigenvalue weighted by atomic mass is 10.1. The molecule has 0 atom stereocenters. The molecule has 1 N–H and O–H groups in total. The van der Waals surface area contributed by atoms with Gasteiger partial charge in [-0.3, -0.25) is 14.9 Å². The van der Waals surface area contributed by atoms with Crippen molar-refractivity contribution < 1.29 is 14.0 Å². The van der Waals surface area contributed by atoms with Crippen LogP contribution in [0.2, 0.25) is 0 Å². The highest BCUT2D eigenvalue weighted by Crippen LogP contribution is 2.26. The van der Waals surface area contributed by atoms with Crippen molar-refractivity contribution in [3.05, 3.63) is 35.6 Å². The zero-order valence-electron chi connectivity index (χ0n) is 13.4. The van der Waals surface area contributed by atoms with E-state index in [0.717, 1.165) is 25.9 Å². The molecule has 0 spiro atoms. The van der Waals surface area contributed by atoms with Crippen molar-refractivity contribution in [1.29, 1.82) is 0 Å². The molecule has 25 heavy (non-hydrogen) atoms. The Morgan fingerprint density at radius 1 is 1.16 bits per heavy atom. The van der Waals surface area contributed by atoms with E-state index in [9.17, 15) is 14.0 Å². The number of rotatable bonds is 5. The normalized spacial score (nSPS) is 14.4. The molecular weight excluding hydrogens is 363 g/mol. The zero-order chi connectivity index (χ0) is 17.6. The Balaban J connectivity index is 1.51. The minimum Gasteiger partial charge on any atom is -0.342 e. The van der Waals surface area contributed by atoms with Crippen molar-refractivity contribution in [2.45, 2.75) is 23.6 Å².